The molecular weight excluding hydrogens is 348 g/mol. The summed E-state index contributed by atoms with van der Waals surface area (Å²) in [5, 5.41) is 19.3. The molecule has 144 valence electrons. The predicted octanol–water partition coefficient (Wildman–Crippen LogP) is 2.55. The van der Waals surface area contributed by atoms with Crippen LogP contribution in [-0.2, 0) is 4.79 Å². The van der Waals surface area contributed by atoms with E-state index in [9.17, 15) is 9.59 Å². The van der Waals surface area contributed by atoms with Gasteiger partial charge in [0.15, 0.2) is 0 Å². The van der Waals surface area contributed by atoms with Crippen LogP contribution in [0, 0.1) is 5.92 Å². The second-order valence-electron chi connectivity index (χ2n) is 7.05. The molecule has 0 unspecified atom stereocenters. The molecule has 2 amide bonds. The van der Waals surface area contributed by atoms with Gasteiger partial charge in [-0.15, -0.1) is 0 Å². The quantitative estimate of drug-likeness (QED) is 0.741. The fourth-order valence-corrected chi connectivity index (χ4v) is 3.15. The molecule has 1 aliphatic carbocycles. The van der Waals surface area contributed by atoms with Crippen molar-refractivity contribution in [1.82, 2.24) is 25.1 Å². The summed E-state index contributed by atoms with van der Waals surface area (Å²) >= 11 is 0. The number of carboxylic acid groups (broad SMARTS) is 1. The second kappa shape index (κ2) is 8.15. The monoisotopic (exact) mass is 372 g/mol. The van der Waals surface area contributed by atoms with Crippen molar-refractivity contribution in [2.24, 2.45) is 5.92 Å². The minimum atomic E-state index is -0.758. The second-order valence-corrected chi connectivity index (χ2v) is 7.05. The Morgan fingerprint density at radius 1 is 1.19 bits per heavy atom. The normalized spacial score (nSPS) is 19.7. The molecule has 1 fully saturated rings. The van der Waals surface area contributed by atoms with Crippen molar-refractivity contribution in [3.8, 4) is 5.95 Å². The van der Waals surface area contributed by atoms with Gasteiger partial charge in [0.25, 0.3) is 5.95 Å². The molecule has 0 radical (unpaired) electrons. The lowest BCUT2D eigenvalue weighted by molar-refractivity contribution is -0.142. The average Bonchev–Trinajstić information content (AvgIpc) is 3.07. The SMILES string of the molecule is CC(C)c1cc(NC(=O)NC2CCC(C(=O)O)CC2)n(-c2ncccn2)n1. The summed E-state index contributed by atoms with van der Waals surface area (Å²) in [5.41, 5.74) is 0.819. The zero-order chi connectivity index (χ0) is 19.4. The summed E-state index contributed by atoms with van der Waals surface area (Å²) in [6.07, 6.45) is 5.69. The van der Waals surface area contributed by atoms with E-state index in [1.54, 1.807) is 18.5 Å². The molecule has 1 aliphatic rings. The van der Waals surface area contributed by atoms with Gasteiger partial charge in [-0.3, -0.25) is 10.1 Å². The van der Waals surface area contributed by atoms with Gasteiger partial charge in [0, 0.05) is 24.5 Å². The number of amides is 2. The number of carbonyl (C=O) groups excluding carboxylic acids is 1. The Labute approximate surface area is 157 Å². The van der Waals surface area contributed by atoms with Crippen LogP contribution in [0.3, 0.4) is 0 Å². The van der Waals surface area contributed by atoms with Crippen molar-refractivity contribution in [2.75, 3.05) is 5.32 Å². The molecule has 3 rings (SSSR count). The third-order valence-electron chi connectivity index (χ3n) is 4.71. The molecule has 3 N–H and O–H groups in total. The van der Waals surface area contributed by atoms with Crippen molar-refractivity contribution in [1.29, 1.82) is 0 Å². The van der Waals surface area contributed by atoms with E-state index >= 15 is 0 Å². The molecule has 1 saturated carbocycles. The highest BCUT2D eigenvalue weighted by Crippen LogP contribution is 2.25. The summed E-state index contributed by atoms with van der Waals surface area (Å²) in [4.78, 5) is 31.9. The van der Waals surface area contributed by atoms with Crippen LogP contribution in [0.1, 0.15) is 51.1 Å². The number of nitrogens with one attached hydrogen (secondary N) is 2. The Hall–Kier alpha value is -2.97. The Morgan fingerprint density at radius 2 is 1.85 bits per heavy atom. The Kier molecular flexibility index (Phi) is 5.68. The molecule has 0 aliphatic heterocycles. The van der Waals surface area contributed by atoms with Crippen LogP contribution in [0.15, 0.2) is 24.5 Å². The molecule has 9 nitrogen and oxygen atoms in total. The van der Waals surface area contributed by atoms with E-state index in [1.807, 2.05) is 19.9 Å². The standard InChI is InChI=1S/C18H24N6O3/c1-11(2)14-10-15(24(23-14)17-19-8-3-9-20-17)22-18(27)21-13-6-4-12(5-7-13)16(25)26/h3,8-13H,4-7H2,1-2H3,(H,25,26)(H2,21,22,27). The molecule has 0 bridgehead atoms. The van der Waals surface area contributed by atoms with Gasteiger partial charge in [0.2, 0.25) is 0 Å². The van der Waals surface area contributed by atoms with Crippen LogP contribution >= 0.6 is 0 Å². The number of rotatable bonds is 5. The molecule has 27 heavy (non-hydrogen) atoms. The minimum absolute atomic E-state index is 0.0329. The largest absolute Gasteiger partial charge is 0.481 e. The summed E-state index contributed by atoms with van der Waals surface area (Å²) in [5.74, 6) is -0.0181. The van der Waals surface area contributed by atoms with Gasteiger partial charge < -0.3 is 10.4 Å². The maximum absolute atomic E-state index is 12.4. The van der Waals surface area contributed by atoms with Crippen molar-refractivity contribution < 1.29 is 14.7 Å². The highest BCUT2D eigenvalue weighted by molar-refractivity contribution is 5.88. The minimum Gasteiger partial charge on any atom is -0.481 e. The number of carbonyl (C=O) groups is 2. The Bertz CT molecular complexity index is 797. The first-order valence-electron chi connectivity index (χ1n) is 9.11. The van der Waals surface area contributed by atoms with Crippen molar-refractivity contribution >= 4 is 17.8 Å². The van der Waals surface area contributed by atoms with E-state index in [4.69, 9.17) is 5.11 Å². The Balaban J connectivity index is 1.68. The molecule has 2 aromatic heterocycles. The zero-order valence-corrected chi connectivity index (χ0v) is 15.4. The van der Waals surface area contributed by atoms with Crippen LogP contribution in [0.2, 0.25) is 0 Å². The smallest absolute Gasteiger partial charge is 0.320 e. The third-order valence-corrected chi connectivity index (χ3v) is 4.71. The number of aliphatic carboxylic acids is 1. The van der Waals surface area contributed by atoms with Gasteiger partial charge in [-0.05, 0) is 37.7 Å². The average molecular weight is 372 g/mol. The van der Waals surface area contributed by atoms with Crippen LogP contribution in [-0.4, -0.2) is 42.9 Å². The first-order valence-corrected chi connectivity index (χ1v) is 9.11. The summed E-state index contributed by atoms with van der Waals surface area (Å²) < 4.78 is 1.51. The summed E-state index contributed by atoms with van der Waals surface area (Å²) in [6.45, 7) is 4.03. The van der Waals surface area contributed by atoms with Crippen LogP contribution in [0.5, 0.6) is 0 Å². The Morgan fingerprint density at radius 3 is 2.44 bits per heavy atom. The first-order chi connectivity index (χ1) is 12.9. The number of carboxylic acids is 1. The van der Waals surface area contributed by atoms with Crippen LogP contribution < -0.4 is 10.6 Å². The van der Waals surface area contributed by atoms with Crippen LogP contribution in [0.4, 0.5) is 10.6 Å². The van der Waals surface area contributed by atoms with Gasteiger partial charge in [0.1, 0.15) is 5.82 Å². The van der Waals surface area contributed by atoms with E-state index in [1.165, 1.54) is 4.68 Å². The van der Waals surface area contributed by atoms with Crippen molar-refractivity contribution in [2.45, 2.75) is 51.5 Å². The lowest BCUT2D eigenvalue weighted by Gasteiger charge is -2.26. The van der Waals surface area contributed by atoms with E-state index in [2.05, 4.69) is 25.7 Å². The van der Waals surface area contributed by atoms with Crippen molar-refractivity contribution in [3.63, 3.8) is 0 Å². The van der Waals surface area contributed by atoms with E-state index in [0.29, 0.717) is 37.4 Å². The van der Waals surface area contributed by atoms with E-state index in [0.717, 1.165) is 5.69 Å². The van der Waals surface area contributed by atoms with Gasteiger partial charge in [0.05, 0.1) is 11.6 Å². The molecular formula is C18H24N6O3. The molecule has 0 atom stereocenters. The number of urea groups is 1. The lowest BCUT2D eigenvalue weighted by Crippen LogP contribution is -2.41. The molecule has 0 aromatic carbocycles. The number of hydrogen-bond donors (Lipinski definition) is 3. The number of nitrogens with zero attached hydrogens (tertiary/aromatic N) is 4. The van der Waals surface area contributed by atoms with Gasteiger partial charge in [-0.25, -0.2) is 14.8 Å². The lowest BCUT2D eigenvalue weighted by atomic mass is 9.86. The molecule has 0 saturated heterocycles. The number of anilines is 1. The maximum atomic E-state index is 12.4. The zero-order valence-electron chi connectivity index (χ0n) is 15.4. The molecule has 9 heteroatoms. The molecule has 2 aromatic rings. The molecule has 2 heterocycles. The first kappa shape index (κ1) is 18.8. The van der Waals surface area contributed by atoms with E-state index in [-0.39, 0.29) is 23.9 Å². The third kappa shape index (κ3) is 4.60. The van der Waals surface area contributed by atoms with Crippen molar-refractivity contribution in [3.05, 3.63) is 30.2 Å². The highest BCUT2D eigenvalue weighted by atomic mass is 16.4. The van der Waals surface area contributed by atoms with Gasteiger partial charge in [-0.1, -0.05) is 13.8 Å². The molecule has 0 spiro atoms. The summed E-state index contributed by atoms with van der Waals surface area (Å²) in [7, 11) is 0. The number of aromatic nitrogens is 4. The van der Waals surface area contributed by atoms with Gasteiger partial charge in [-0.2, -0.15) is 9.78 Å². The fourth-order valence-electron chi connectivity index (χ4n) is 3.15. The van der Waals surface area contributed by atoms with E-state index < -0.39 is 5.97 Å². The number of hydrogen-bond acceptors (Lipinski definition) is 5. The highest BCUT2D eigenvalue weighted by Gasteiger charge is 2.27. The fraction of sp³-hybridized carbons (Fsp3) is 0.500. The predicted molar refractivity (Wildman–Crippen MR) is 98.8 cm³/mol. The van der Waals surface area contributed by atoms with Gasteiger partial charge >= 0.3 is 12.0 Å². The maximum Gasteiger partial charge on any atom is 0.320 e. The summed E-state index contributed by atoms with van der Waals surface area (Å²) in [6, 6.07) is 3.14. The topological polar surface area (TPSA) is 122 Å². The van der Waals surface area contributed by atoms with Crippen LogP contribution in [0.25, 0.3) is 5.95 Å².